The number of allylic oxidation sites excluding steroid dienone is 1. The summed E-state index contributed by atoms with van der Waals surface area (Å²) >= 11 is 0. The van der Waals surface area contributed by atoms with Gasteiger partial charge < -0.3 is 9.47 Å². The number of carbonyl (C=O) groups excluding carboxylic acids is 1. The van der Waals surface area contributed by atoms with E-state index in [1.807, 2.05) is 39.0 Å². The van der Waals surface area contributed by atoms with Crippen molar-refractivity contribution < 1.29 is 14.3 Å². The Balaban J connectivity index is 2.23. The lowest BCUT2D eigenvalue weighted by Crippen LogP contribution is -2.02. The maximum absolute atomic E-state index is 12.4. The van der Waals surface area contributed by atoms with E-state index in [4.69, 9.17) is 9.47 Å². The van der Waals surface area contributed by atoms with Gasteiger partial charge in [-0.1, -0.05) is 19.1 Å². The molecule has 0 saturated heterocycles. The van der Waals surface area contributed by atoms with Gasteiger partial charge in [-0.05, 0) is 45.4 Å². The van der Waals surface area contributed by atoms with Crippen LogP contribution in [0, 0.1) is 0 Å². The van der Waals surface area contributed by atoms with Crippen molar-refractivity contribution in [3.05, 3.63) is 47.8 Å². The van der Waals surface area contributed by atoms with Gasteiger partial charge in [0.05, 0.1) is 25.0 Å². The number of ether oxygens (including phenoxy) is 2. The number of para-hydroxylation sites is 1. The molecule has 2 rings (SSSR count). The SMILES string of the molecule is CCCOc1c(C=CC(=O)c2cnn(C(C)C)c2)cccc1OCC. The summed E-state index contributed by atoms with van der Waals surface area (Å²) in [5.74, 6) is 1.28. The summed E-state index contributed by atoms with van der Waals surface area (Å²) in [4.78, 5) is 12.4. The van der Waals surface area contributed by atoms with Gasteiger partial charge in [0.15, 0.2) is 17.3 Å². The number of benzene rings is 1. The molecule has 0 amide bonds. The predicted molar refractivity (Wildman–Crippen MR) is 99.4 cm³/mol. The van der Waals surface area contributed by atoms with Crippen molar-refractivity contribution in [2.75, 3.05) is 13.2 Å². The Morgan fingerprint density at radius 3 is 2.72 bits per heavy atom. The summed E-state index contributed by atoms with van der Waals surface area (Å²) in [5, 5.41) is 4.21. The third kappa shape index (κ3) is 4.95. The maximum Gasteiger partial charge on any atom is 0.189 e. The molecule has 0 aliphatic rings. The Hall–Kier alpha value is -2.56. The molecule has 2 aromatic rings. The molecule has 25 heavy (non-hydrogen) atoms. The molecule has 0 N–H and O–H groups in total. The first kappa shape index (κ1) is 18.8. The fraction of sp³-hybridized carbons (Fsp3) is 0.400. The highest BCUT2D eigenvalue weighted by molar-refractivity contribution is 6.06. The van der Waals surface area contributed by atoms with Crippen LogP contribution in [0.3, 0.4) is 0 Å². The van der Waals surface area contributed by atoms with Gasteiger partial charge in [-0.2, -0.15) is 5.10 Å². The Morgan fingerprint density at radius 1 is 1.28 bits per heavy atom. The summed E-state index contributed by atoms with van der Waals surface area (Å²) in [6.07, 6.45) is 7.57. The molecule has 0 aliphatic carbocycles. The first-order valence-electron chi connectivity index (χ1n) is 8.72. The van der Waals surface area contributed by atoms with E-state index in [1.165, 1.54) is 0 Å². The Morgan fingerprint density at radius 2 is 2.08 bits per heavy atom. The van der Waals surface area contributed by atoms with E-state index in [0.717, 1.165) is 12.0 Å². The van der Waals surface area contributed by atoms with E-state index in [-0.39, 0.29) is 11.8 Å². The Labute approximate surface area is 149 Å². The first-order chi connectivity index (χ1) is 12.1. The van der Waals surface area contributed by atoms with Gasteiger partial charge >= 0.3 is 0 Å². The molecular formula is C20H26N2O3. The van der Waals surface area contributed by atoms with Crippen molar-refractivity contribution in [1.82, 2.24) is 9.78 Å². The van der Waals surface area contributed by atoms with E-state index < -0.39 is 0 Å². The number of hydrogen-bond donors (Lipinski definition) is 0. The van der Waals surface area contributed by atoms with Gasteiger partial charge in [0.2, 0.25) is 0 Å². The van der Waals surface area contributed by atoms with Gasteiger partial charge in [0.25, 0.3) is 0 Å². The second-order valence-electron chi connectivity index (χ2n) is 5.96. The van der Waals surface area contributed by atoms with Crippen molar-refractivity contribution >= 4 is 11.9 Å². The minimum atomic E-state index is -0.0878. The molecule has 134 valence electrons. The fourth-order valence-corrected chi connectivity index (χ4v) is 2.30. The first-order valence-corrected chi connectivity index (χ1v) is 8.72. The smallest absolute Gasteiger partial charge is 0.189 e. The standard InChI is InChI=1S/C20H26N2O3/c1-5-12-25-20-16(8-7-9-19(20)24-6-2)10-11-18(23)17-13-21-22(14-17)15(3)4/h7-11,13-15H,5-6,12H2,1-4H3. The molecule has 1 aromatic carbocycles. The van der Waals surface area contributed by atoms with Crippen molar-refractivity contribution in [3.8, 4) is 11.5 Å². The summed E-state index contributed by atoms with van der Waals surface area (Å²) in [6.45, 7) is 9.18. The molecule has 0 spiro atoms. The zero-order valence-electron chi connectivity index (χ0n) is 15.4. The average molecular weight is 342 g/mol. The number of ketones is 1. The van der Waals surface area contributed by atoms with Crippen LogP contribution in [-0.2, 0) is 0 Å². The lowest BCUT2D eigenvalue weighted by Gasteiger charge is -2.13. The predicted octanol–water partition coefficient (Wildman–Crippen LogP) is 4.55. The van der Waals surface area contributed by atoms with E-state index in [2.05, 4.69) is 12.0 Å². The lowest BCUT2D eigenvalue weighted by atomic mass is 10.1. The molecule has 0 aliphatic heterocycles. The maximum atomic E-state index is 12.4. The molecule has 5 heteroatoms. The van der Waals surface area contributed by atoms with Gasteiger partial charge in [0, 0.05) is 17.8 Å². The Bertz CT molecular complexity index is 732. The van der Waals surface area contributed by atoms with E-state index in [9.17, 15) is 4.79 Å². The molecule has 0 radical (unpaired) electrons. The van der Waals surface area contributed by atoms with Crippen LogP contribution in [0.15, 0.2) is 36.7 Å². The highest BCUT2D eigenvalue weighted by Gasteiger charge is 2.11. The van der Waals surface area contributed by atoms with Crippen LogP contribution in [0.4, 0.5) is 0 Å². The molecule has 1 aromatic heterocycles. The van der Waals surface area contributed by atoms with Crippen LogP contribution < -0.4 is 9.47 Å². The molecule has 5 nitrogen and oxygen atoms in total. The van der Waals surface area contributed by atoms with E-state index in [1.54, 1.807) is 29.2 Å². The highest BCUT2D eigenvalue weighted by atomic mass is 16.5. The van der Waals surface area contributed by atoms with Crippen LogP contribution in [0.25, 0.3) is 6.08 Å². The average Bonchev–Trinajstić information content (AvgIpc) is 3.09. The lowest BCUT2D eigenvalue weighted by molar-refractivity contribution is 0.104. The number of carbonyl (C=O) groups is 1. The largest absolute Gasteiger partial charge is 0.490 e. The normalized spacial score (nSPS) is 11.2. The molecule has 0 saturated carbocycles. The monoisotopic (exact) mass is 342 g/mol. The molecule has 0 atom stereocenters. The summed E-state index contributed by atoms with van der Waals surface area (Å²) in [6, 6.07) is 5.90. The molecule has 1 heterocycles. The van der Waals surface area contributed by atoms with E-state index >= 15 is 0 Å². The second kappa shape index (κ2) is 9.06. The zero-order chi connectivity index (χ0) is 18.2. The van der Waals surface area contributed by atoms with Gasteiger partial charge in [-0.25, -0.2) is 0 Å². The van der Waals surface area contributed by atoms with Crippen molar-refractivity contribution in [3.63, 3.8) is 0 Å². The van der Waals surface area contributed by atoms with Crippen molar-refractivity contribution in [2.24, 2.45) is 0 Å². The molecule has 0 unspecified atom stereocenters. The minimum Gasteiger partial charge on any atom is -0.490 e. The van der Waals surface area contributed by atoms with Gasteiger partial charge in [0.1, 0.15) is 0 Å². The molecule has 0 fully saturated rings. The summed E-state index contributed by atoms with van der Waals surface area (Å²) in [7, 11) is 0. The fourth-order valence-electron chi connectivity index (χ4n) is 2.30. The molecule has 0 bridgehead atoms. The van der Waals surface area contributed by atoms with Gasteiger partial charge in [-0.15, -0.1) is 0 Å². The van der Waals surface area contributed by atoms with Gasteiger partial charge in [-0.3, -0.25) is 9.48 Å². The third-order valence-electron chi connectivity index (χ3n) is 3.59. The quantitative estimate of drug-likeness (QED) is 0.495. The second-order valence-corrected chi connectivity index (χ2v) is 5.96. The highest BCUT2D eigenvalue weighted by Crippen LogP contribution is 2.32. The van der Waals surface area contributed by atoms with Crippen molar-refractivity contribution in [1.29, 1.82) is 0 Å². The summed E-state index contributed by atoms with van der Waals surface area (Å²) in [5.41, 5.74) is 1.39. The number of nitrogens with zero attached hydrogens (tertiary/aromatic N) is 2. The molecular weight excluding hydrogens is 316 g/mol. The number of rotatable bonds is 9. The Kier molecular flexibility index (Phi) is 6.81. The zero-order valence-corrected chi connectivity index (χ0v) is 15.4. The van der Waals surface area contributed by atoms with Crippen molar-refractivity contribution in [2.45, 2.75) is 40.2 Å². The van der Waals surface area contributed by atoms with Crippen LogP contribution in [0.1, 0.15) is 56.1 Å². The third-order valence-corrected chi connectivity index (χ3v) is 3.59. The van der Waals surface area contributed by atoms with Crippen LogP contribution in [-0.4, -0.2) is 28.8 Å². The topological polar surface area (TPSA) is 53.3 Å². The van der Waals surface area contributed by atoms with Crippen LogP contribution in [0.5, 0.6) is 11.5 Å². The summed E-state index contributed by atoms with van der Waals surface area (Å²) < 4.78 is 13.2. The van der Waals surface area contributed by atoms with Crippen LogP contribution >= 0.6 is 0 Å². The van der Waals surface area contributed by atoms with E-state index in [0.29, 0.717) is 30.3 Å². The number of hydrogen-bond acceptors (Lipinski definition) is 4. The van der Waals surface area contributed by atoms with Crippen LogP contribution in [0.2, 0.25) is 0 Å². The minimum absolute atomic E-state index is 0.0878. The number of aromatic nitrogens is 2.